The zero-order valence-electron chi connectivity index (χ0n) is 5.79. The Labute approximate surface area is 92.7 Å². The van der Waals surface area contributed by atoms with Crippen LogP contribution < -0.4 is 5.14 Å². The van der Waals surface area contributed by atoms with Crippen LogP contribution in [-0.4, -0.2) is 8.42 Å². The van der Waals surface area contributed by atoms with Gasteiger partial charge >= 0.3 is 0 Å². The highest BCUT2D eigenvalue weighted by Gasteiger charge is 2.11. The lowest BCUT2D eigenvalue weighted by molar-refractivity contribution is 0.597. The summed E-state index contributed by atoms with van der Waals surface area (Å²) in [5.41, 5.74) is 0. The van der Waals surface area contributed by atoms with Crippen LogP contribution in [0.1, 0.15) is 0 Å². The van der Waals surface area contributed by atoms with Crippen LogP contribution >= 0.6 is 38.5 Å². The molecule has 0 heterocycles. The maximum absolute atomic E-state index is 11.0. The molecule has 0 amide bonds. The summed E-state index contributed by atoms with van der Waals surface area (Å²) < 4.78 is 23.2. The highest BCUT2D eigenvalue weighted by Crippen LogP contribution is 2.21. The maximum atomic E-state index is 11.0. The normalized spacial score (nSPS) is 11.6. The minimum Gasteiger partial charge on any atom is -0.225 e. The van der Waals surface area contributed by atoms with Crippen LogP contribution in [0.5, 0.6) is 0 Å². The summed E-state index contributed by atoms with van der Waals surface area (Å²) in [5.74, 6) is 0. The first-order valence-electron chi connectivity index (χ1n) is 2.89. The van der Waals surface area contributed by atoms with E-state index >= 15 is 0 Å². The van der Waals surface area contributed by atoms with E-state index in [-0.39, 0.29) is 4.90 Å². The van der Waals surface area contributed by atoms with Crippen molar-refractivity contribution < 1.29 is 8.42 Å². The Balaban J connectivity index is 3.43. The summed E-state index contributed by atoms with van der Waals surface area (Å²) in [6.07, 6.45) is 0. The summed E-state index contributed by atoms with van der Waals surface area (Å²) in [6.45, 7) is 0. The summed E-state index contributed by atoms with van der Waals surface area (Å²) in [6, 6.07) is 4.93. The Kier molecular flexibility index (Phi) is 3.13. The molecule has 3 nitrogen and oxygen atoms in total. The lowest BCUT2D eigenvalue weighted by Crippen LogP contribution is -2.13. The molecule has 0 saturated heterocycles. The van der Waals surface area contributed by atoms with Crippen molar-refractivity contribution in [2.75, 3.05) is 0 Å². The molecule has 1 rings (SSSR count). The number of benzene rings is 1. The van der Waals surface area contributed by atoms with E-state index in [0.29, 0.717) is 8.04 Å². The second kappa shape index (κ2) is 3.60. The van der Waals surface area contributed by atoms with Crippen molar-refractivity contribution in [2.45, 2.75) is 4.90 Å². The smallest absolute Gasteiger partial charge is 0.225 e. The monoisotopic (exact) mass is 361 g/mol. The Morgan fingerprint density at radius 1 is 1.42 bits per heavy atom. The van der Waals surface area contributed by atoms with E-state index < -0.39 is 10.0 Å². The van der Waals surface area contributed by atoms with Crippen molar-refractivity contribution in [3.05, 3.63) is 26.2 Å². The molecular formula is C6H5BrINO2S. The van der Waals surface area contributed by atoms with Gasteiger partial charge in [-0.2, -0.15) is 0 Å². The lowest BCUT2D eigenvalue weighted by Gasteiger charge is -2.01. The van der Waals surface area contributed by atoms with Gasteiger partial charge in [-0.05, 0) is 40.8 Å². The average Bonchev–Trinajstić information content (AvgIpc) is 1.92. The third kappa shape index (κ3) is 2.41. The minimum absolute atomic E-state index is 0.150. The molecule has 0 spiro atoms. The van der Waals surface area contributed by atoms with Crippen molar-refractivity contribution in [1.82, 2.24) is 0 Å². The quantitative estimate of drug-likeness (QED) is 0.774. The van der Waals surface area contributed by atoms with Gasteiger partial charge in [-0.15, -0.1) is 0 Å². The second-order valence-corrected chi connectivity index (χ2v) is 5.73. The van der Waals surface area contributed by atoms with Crippen molar-refractivity contribution in [1.29, 1.82) is 0 Å². The molecule has 0 bridgehead atoms. The van der Waals surface area contributed by atoms with E-state index in [1.807, 2.05) is 22.6 Å². The third-order valence-corrected chi connectivity index (χ3v) is 3.95. The molecule has 0 aliphatic heterocycles. The predicted octanol–water partition coefficient (Wildman–Crippen LogP) is 1.70. The maximum Gasteiger partial charge on any atom is 0.239 e. The van der Waals surface area contributed by atoms with Crippen molar-refractivity contribution in [3.63, 3.8) is 0 Å². The molecular weight excluding hydrogens is 357 g/mol. The molecule has 0 aliphatic carbocycles. The Bertz CT molecular complexity index is 404. The molecule has 0 aliphatic rings. The standard InChI is InChI=1S/C6H5BrINO2S/c7-4-1-2-5(8)6(3-4)12(9,10)11/h1-3H,(H2,9,10,11). The molecule has 0 saturated carbocycles. The Morgan fingerprint density at radius 2 is 2.00 bits per heavy atom. The number of primary sulfonamides is 1. The van der Waals surface area contributed by atoms with Crippen molar-refractivity contribution >= 4 is 48.5 Å². The minimum atomic E-state index is -3.59. The van der Waals surface area contributed by atoms with E-state index in [1.54, 1.807) is 12.1 Å². The second-order valence-electron chi connectivity index (χ2n) is 2.12. The topological polar surface area (TPSA) is 60.2 Å². The molecule has 1 aromatic carbocycles. The lowest BCUT2D eigenvalue weighted by atomic mass is 10.4. The predicted molar refractivity (Wildman–Crippen MR) is 58.2 cm³/mol. The van der Waals surface area contributed by atoms with E-state index in [9.17, 15) is 8.42 Å². The number of halogens is 2. The average molecular weight is 362 g/mol. The molecule has 0 radical (unpaired) electrons. The van der Waals surface area contributed by atoms with E-state index in [1.165, 1.54) is 6.07 Å². The van der Waals surface area contributed by atoms with E-state index in [4.69, 9.17) is 5.14 Å². The molecule has 66 valence electrons. The van der Waals surface area contributed by atoms with Gasteiger partial charge < -0.3 is 0 Å². The van der Waals surface area contributed by atoms with Gasteiger partial charge in [0.1, 0.15) is 0 Å². The molecule has 12 heavy (non-hydrogen) atoms. The van der Waals surface area contributed by atoms with Gasteiger partial charge in [0.2, 0.25) is 10.0 Å². The van der Waals surface area contributed by atoms with Crippen molar-refractivity contribution in [3.8, 4) is 0 Å². The fourth-order valence-electron chi connectivity index (χ4n) is 0.695. The highest BCUT2D eigenvalue weighted by molar-refractivity contribution is 14.1. The largest absolute Gasteiger partial charge is 0.239 e. The fraction of sp³-hybridized carbons (Fsp3) is 0. The van der Waals surface area contributed by atoms with Gasteiger partial charge in [-0.3, -0.25) is 0 Å². The number of hydrogen-bond acceptors (Lipinski definition) is 2. The molecule has 0 fully saturated rings. The van der Waals surface area contributed by atoms with Gasteiger partial charge in [0, 0.05) is 8.04 Å². The van der Waals surface area contributed by atoms with Crippen LogP contribution in [0.15, 0.2) is 27.6 Å². The SMILES string of the molecule is NS(=O)(=O)c1cc(Br)ccc1I. The Morgan fingerprint density at radius 3 is 2.42 bits per heavy atom. The van der Waals surface area contributed by atoms with Gasteiger partial charge in [-0.25, -0.2) is 13.6 Å². The summed E-state index contributed by atoms with van der Waals surface area (Å²) in [5, 5.41) is 4.97. The van der Waals surface area contributed by atoms with Gasteiger partial charge in [0.15, 0.2) is 0 Å². The third-order valence-electron chi connectivity index (χ3n) is 1.20. The van der Waals surface area contributed by atoms with Crippen LogP contribution in [0.3, 0.4) is 0 Å². The number of nitrogens with two attached hydrogens (primary N) is 1. The summed E-state index contributed by atoms with van der Waals surface area (Å²) >= 11 is 5.09. The van der Waals surface area contributed by atoms with E-state index in [2.05, 4.69) is 15.9 Å². The highest BCUT2D eigenvalue weighted by atomic mass is 127. The summed E-state index contributed by atoms with van der Waals surface area (Å²) in [7, 11) is -3.59. The zero-order chi connectivity index (χ0) is 9.35. The van der Waals surface area contributed by atoms with E-state index in [0.717, 1.165) is 0 Å². The first-order valence-corrected chi connectivity index (χ1v) is 6.31. The number of rotatable bonds is 1. The number of hydrogen-bond donors (Lipinski definition) is 1. The molecule has 0 aromatic heterocycles. The van der Waals surface area contributed by atoms with Crippen LogP contribution in [0, 0.1) is 3.57 Å². The van der Waals surface area contributed by atoms with Crippen LogP contribution in [0.4, 0.5) is 0 Å². The molecule has 0 atom stereocenters. The van der Waals surface area contributed by atoms with Crippen LogP contribution in [0.2, 0.25) is 0 Å². The van der Waals surface area contributed by atoms with Gasteiger partial charge in [0.05, 0.1) is 4.90 Å². The Hall–Kier alpha value is 0.340. The molecule has 0 unspecified atom stereocenters. The summed E-state index contributed by atoms with van der Waals surface area (Å²) in [4.78, 5) is 0.150. The zero-order valence-corrected chi connectivity index (χ0v) is 10.4. The first-order chi connectivity index (χ1) is 5.41. The molecule has 2 N–H and O–H groups in total. The number of sulfonamides is 1. The van der Waals surface area contributed by atoms with Crippen molar-refractivity contribution in [2.24, 2.45) is 5.14 Å². The van der Waals surface area contributed by atoms with Gasteiger partial charge in [0.25, 0.3) is 0 Å². The van der Waals surface area contributed by atoms with Crippen LogP contribution in [0.25, 0.3) is 0 Å². The first kappa shape index (κ1) is 10.4. The van der Waals surface area contributed by atoms with Gasteiger partial charge in [-0.1, -0.05) is 15.9 Å². The molecule has 6 heteroatoms. The fourth-order valence-corrected chi connectivity index (χ4v) is 3.10. The van der Waals surface area contributed by atoms with Crippen LogP contribution in [-0.2, 0) is 10.0 Å². The molecule has 1 aromatic rings.